The van der Waals surface area contributed by atoms with Gasteiger partial charge in [-0.05, 0) is 37.0 Å². The molecule has 0 aliphatic heterocycles. The highest BCUT2D eigenvalue weighted by molar-refractivity contribution is 7.98. The summed E-state index contributed by atoms with van der Waals surface area (Å²) in [7, 11) is 1.69. The van der Waals surface area contributed by atoms with Crippen LogP contribution in [0, 0.1) is 0 Å². The van der Waals surface area contributed by atoms with E-state index >= 15 is 0 Å². The van der Waals surface area contributed by atoms with Crippen LogP contribution in [0.5, 0.6) is 5.75 Å². The van der Waals surface area contributed by atoms with E-state index in [1.165, 1.54) is 10.6 Å². The van der Waals surface area contributed by atoms with Crippen LogP contribution >= 0.6 is 23.1 Å². The van der Waals surface area contributed by atoms with Gasteiger partial charge in [0.15, 0.2) is 11.0 Å². The summed E-state index contributed by atoms with van der Waals surface area (Å²) < 4.78 is 7.79. The zero-order chi connectivity index (χ0) is 21.5. The first-order valence-corrected chi connectivity index (χ1v) is 12.3. The summed E-state index contributed by atoms with van der Waals surface area (Å²) in [5.74, 6) is 2.42. The van der Waals surface area contributed by atoms with Gasteiger partial charge in [-0.15, -0.1) is 21.5 Å². The van der Waals surface area contributed by atoms with Crippen molar-refractivity contribution in [3.63, 3.8) is 0 Å². The molecule has 0 atom stereocenters. The van der Waals surface area contributed by atoms with Crippen molar-refractivity contribution in [1.29, 1.82) is 0 Å². The van der Waals surface area contributed by atoms with Gasteiger partial charge < -0.3 is 9.30 Å². The van der Waals surface area contributed by atoms with Crippen LogP contribution in [-0.2, 0) is 25.1 Å². The molecule has 0 bridgehead atoms. The molecule has 2 aromatic carbocycles. The molecule has 7 heteroatoms. The average molecular weight is 451 g/mol. The lowest BCUT2D eigenvalue weighted by Gasteiger charge is -2.12. The molecule has 0 saturated carbocycles. The van der Waals surface area contributed by atoms with Gasteiger partial charge in [-0.3, -0.25) is 0 Å². The number of rotatable bonds is 10. The second-order valence-electron chi connectivity index (χ2n) is 7.16. The molecule has 0 unspecified atom stereocenters. The third kappa shape index (κ3) is 5.35. The van der Waals surface area contributed by atoms with Crippen LogP contribution in [-0.4, -0.2) is 26.9 Å². The van der Waals surface area contributed by atoms with Gasteiger partial charge in [-0.1, -0.05) is 61.2 Å². The topological polar surface area (TPSA) is 52.8 Å². The minimum atomic E-state index is 0.787. The summed E-state index contributed by atoms with van der Waals surface area (Å²) >= 11 is 3.43. The number of thioether (sulfide) groups is 1. The predicted octanol–water partition coefficient (Wildman–Crippen LogP) is 5.90. The zero-order valence-electron chi connectivity index (χ0n) is 17.8. The van der Waals surface area contributed by atoms with Crippen molar-refractivity contribution in [1.82, 2.24) is 19.7 Å². The van der Waals surface area contributed by atoms with Crippen molar-refractivity contribution in [3.05, 3.63) is 76.2 Å². The van der Waals surface area contributed by atoms with Crippen molar-refractivity contribution in [2.75, 3.05) is 7.11 Å². The average Bonchev–Trinajstić information content (AvgIpc) is 3.43. The van der Waals surface area contributed by atoms with Crippen LogP contribution in [0.15, 0.2) is 65.1 Å². The number of hydrogen-bond donors (Lipinski definition) is 0. The van der Waals surface area contributed by atoms with Gasteiger partial charge in [-0.2, -0.15) is 0 Å². The zero-order valence-corrected chi connectivity index (χ0v) is 19.5. The Hall–Kier alpha value is -2.64. The molecule has 4 rings (SSSR count). The molecule has 0 N–H and O–H groups in total. The smallest absolute Gasteiger partial charge is 0.191 e. The highest BCUT2D eigenvalue weighted by atomic mass is 32.2. The maximum atomic E-state index is 5.59. The summed E-state index contributed by atoms with van der Waals surface area (Å²) in [6.07, 6.45) is 3.07. The molecular formula is C24H26N4OS2. The van der Waals surface area contributed by atoms with Gasteiger partial charge in [-0.25, -0.2) is 4.98 Å². The summed E-state index contributed by atoms with van der Waals surface area (Å²) in [5.41, 5.74) is 3.35. The van der Waals surface area contributed by atoms with E-state index in [0.717, 1.165) is 59.5 Å². The van der Waals surface area contributed by atoms with Gasteiger partial charge in [0.1, 0.15) is 5.75 Å². The standard InChI is InChI=1S/C24H26N4OS2/c1-3-9-22-25-19(16-30-22)17-31-24-27-26-23(20-12-7-8-13-21(20)29-2)28(24)15-14-18-10-5-4-6-11-18/h4-8,10-13,16H,3,9,14-15,17H2,1-2H3. The summed E-state index contributed by atoms with van der Waals surface area (Å²) in [6.45, 7) is 2.98. The Balaban J connectivity index is 1.59. The number of aromatic nitrogens is 4. The Bertz CT molecular complexity index is 1110. The Labute approximate surface area is 191 Å². The molecule has 0 radical (unpaired) electrons. The lowest BCUT2D eigenvalue weighted by Crippen LogP contribution is -2.06. The van der Waals surface area contributed by atoms with Crippen molar-refractivity contribution >= 4 is 23.1 Å². The van der Waals surface area contributed by atoms with Crippen molar-refractivity contribution in [3.8, 4) is 17.1 Å². The molecule has 0 fully saturated rings. The molecule has 0 saturated heterocycles. The fourth-order valence-electron chi connectivity index (χ4n) is 3.39. The van der Waals surface area contributed by atoms with E-state index in [-0.39, 0.29) is 0 Å². The molecule has 0 aliphatic rings. The second-order valence-corrected chi connectivity index (χ2v) is 9.05. The lowest BCUT2D eigenvalue weighted by atomic mass is 10.1. The number of thiazole rings is 1. The van der Waals surface area contributed by atoms with Gasteiger partial charge in [0, 0.05) is 17.7 Å². The molecule has 2 heterocycles. The van der Waals surface area contributed by atoms with Crippen molar-refractivity contribution < 1.29 is 4.74 Å². The van der Waals surface area contributed by atoms with Gasteiger partial charge >= 0.3 is 0 Å². The van der Waals surface area contributed by atoms with Gasteiger partial charge in [0.05, 0.1) is 23.4 Å². The quantitative estimate of drug-likeness (QED) is 0.282. The van der Waals surface area contributed by atoms with E-state index in [2.05, 4.69) is 51.3 Å². The van der Waals surface area contributed by atoms with Gasteiger partial charge in [0.2, 0.25) is 0 Å². The van der Waals surface area contributed by atoms with Crippen LogP contribution in [0.1, 0.15) is 29.6 Å². The summed E-state index contributed by atoms with van der Waals surface area (Å²) in [4.78, 5) is 4.75. The molecule has 160 valence electrons. The van der Waals surface area contributed by atoms with E-state index in [4.69, 9.17) is 9.72 Å². The maximum Gasteiger partial charge on any atom is 0.191 e. The minimum Gasteiger partial charge on any atom is -0.496 e. The second kappa shape index (κ2) is 10.6. The number of benzene rings is 2. The third-order valence-corrected chi connectivity index (χ3v) is 6.90. The third-order valence-electron chi connectivity index (χ3n) is 4.94. The summed E-state index contributed by atoms with van der Waals surface area (Å²) in [6, 6.07) is 18.5. The Kier molecular flexibility index (Phi) is 7.38. The molecule has 4 aromatic rings. The summed E-state index contributed by atoms with van der Waals surface area (Å²) in [5, 5.41) is 13.4. The minimum absolute atomic E-state index is 0.787. The molecule has 0 amide bonds. The van der Waals surface area contributed by atoms with E-state index in [9.17, 15) is 0 Å². The molecule has 5 nitrogen and oxygen atoms in total. The first kappa shape index (κ1) is 21.6. The maximum absolute atomic E-state index is 5.59. The molecule has 0 aliphatic carbocycles. The molecule has 31 heavy (non-hydrogen) atoms. The van der Waals surface area contributed by atoms with Gasteiger partial charge in [0.25, 0.3) is 0 Å². The van der Waals surface area contributed by atoms with E-state index in [0.29, 0.717) is 0 Å². The lowest BCUT2D eigenvalue weighted by molar-refractivity contribution is 0.415. The Morgan fingerprint density at radius 3 is 2.61 bits per heavy atom. The molecule has 2 aromatic heterocycles. The fourth-order valence-corrected chi connectivity index (χ4v) is 5.26. The monoisotopic (exact) mass is 450 g/mol. The van der Waals surface area contributed by atoms with Crippen molar-refractivity contribution in [2.45, 2.75) is 43.6 Å². The number of para-hydroxylation sites is 1. The normalized spacial score (nSPS) is 11.0. The Morgan fingerprint density at radius 2 is 1.81 bits per heavy atom. The number of ether oxygens (including phenoxy) is 1. The number of nitrogens with zero attached hydrogens (tertiary/aromatic N) is 4. The Morgan fingerprint density at radius 1 is 1.00 bits per heavy atom. The van der Waals surface area contributed by atoms with E-state index in [1.54, 1.807) is 30.2 Å². The SMILES string of the molecule is CCCc1nc(CSc2nnc(-c3ccccc3OC)n2CCc2ccccc2)cs1. The van der Waals surface area contributed by atoms with Crippen LogP contribution in [0.2, 0.25) is 0 Å². The number of methoxy groups -OCH3 is 1. The van der Waals surface area contributed by atoms with Crippen LogP contribution in [0.3, 0.4) is 0 Å². The van der Waals surface area contributed by atoms with E-state index in [1.807, 2.05) is 30.3 Å². The van der Waals surface area contributed by atoms with E-state index < -0.39 is 0 Å². The first-order chi connectivity index (χ1) is 15.3. The molecule has 0 spiro atoms. The van der Waals surface area contributed by atoms with Crippen LogP contribution in [0.25, 0.3) is 11.4 Å². The number of aryl methyl sites for hydroxylation is 2. The molecular weight excluding hydrogens is 424 g/mol. The highest BCUT2D eigenvalue weighted by Crippen LogP contribution is 2.32. The van der Waals surface area contributed by atoms with Crippen LogP contribution in [0.4, 0.5) is 0 Å². The highest BCUT2D eigenvalue weighted by Gasteiger charge is 2.18. The number of hydrogen-bond acceptors (Lipinski definition) is 6. The predicted molar refractivity (Wildman–Crippen MR) is 128 cm³/mol. The largest absolute Gasteiger partial charge is 0.496 e. The van der Waals surface area contributed by atoms with Crippen LogP contribution < -0.4 is 4.74 Å². The van der Waals surface area contributed by atoms with Crippen molar-refractivity contribution in [2.24, 2.45) is 0 Å². The fraction of sp³-hybridized carbons (Fsp3) is 0.292. The first-order valence-electron chi connectivity index (χ1n) is 10.4.